The summed E-state index contributed by atoms with van der Waals surface area (Å²) in [5, 5.41) is 18.2. The standard InChI is InChI=1S/C58H94N10O11S/c1-37(2)44(53(62-13)45(57(9,10)11)25-27-58(60,36-61-12)43-19-15-14-16-20-43)34-39(5)54(72)67-80(75,76)47-22-21-46(41(7)42(47)8)65-48(68-50(70)23-24-51(68)71)35-79-33-32-78-31-30-77-29-26-49(69)66-52(38(3)4)55(73)64-40(6)18-17-28-63-56(59)74/h14-16,19-24,34,37-38,40,44-45,48,52-53,61-62,65H,17-18,25-33,35-36,60H2,1-13H3,(H,64,73)(H,66,69)(H,67,72)(H3,59,63,74)/b39-34+/t40-,44-,45-,48?,52-,53?,58-/m1/s1. The van der Waals surface area contributed by atoms with E-state index in [1.807, 2.05) is 59.1 Å². The van der Waals surface area contributed by atoms with E-state index in [0.717, 1.165) is 29.0 Å². The first kappa shape index (κ1) is 68.5. The molecule has 80 heavy (non-hydrogen) atoms. The number of hydrogen-bond acceptors (Lipinski definition) is 15. The van der Waals surface area contributed by atoms with Crippen molar-refractivity contribution < 1.29 is 51.4 Å². The van der Waals surface area contributed by atoms with Crippen molar-refractivity contribution in [1.82, 2.24) is 36.2 Å². The van der Waals surface area contributed by atoms with Crippen molar-refractivity contribution in [3.63, 3.8) is 0 Å². The van der Waals surface area contributed by atoms with Gasteiger partial charge in [-0.05, 0) is 125 Å². The minimum absolute atomic E-state index is 0.0258. The number of nitrogens with zero attached hydrogens (tertiary/aromatic N) is 1. The van der Waals surface area contributed by atoms with Crippen LogP contribution in [0.4, 0.5) is 10.5 Å². The van der Waals surface area contributed by atoms with Gasteiger partial charge in [-0.1, -0.05) is 84.9 Å². The Morgan fingerprint density at radius 2 is 1.41 bits per heavy atom. The molecule has 11 N–H and O–H groups in total. The number of nitrogens with one attached hydrogen (secondary N) is 7. The molecule has 1 aliphatic heterocycles. The molecule has 1 heterocycles. The number of urea groups is 1. The number of carbonyl (C=O) groups is 6. The Labute approximate surface area is 475 Å². The van der Waals surface area contributed by atoms with E-state index >= 15 is 0 Å². The maximum absolute atomic E-state index is 14.0. The number of rotatable bonds is 36. The van der Waals surface area contributed by atoms with Crippen molar-refractivity contribution in [2.75, 3.05) is 72.1 Å². The number of benzene rings is 2. The molecule has 0 aromatic heterocycles. The van der Waals surface area contributed by atoms with E-state index in [1.165, 1.54) is 12.1 Å². The van der Waals surface area contributed by atoms with Crippen LogP contribution >= 0.6 is 0 Å². The van der Waals surface area contributed by atoms with Gasteiger partial charge in [-0.2, -0.15) is 0 Å². The monoisotopic (exact) mass is 1140 g/mol. The summed E-state index contributed by atoms with van der Waals surface area (Å²) in [6.07, 6.45) is 5.95. The third-order valence-electron chi connectivity index (χ3n) is 14.6. The van der Waals surface area contributed by atoms with E-state index < -0.39 is 51.5 Å². The molecule has 3 rings (SSSR count). The van der Waals surface area contributed by atoms with Gasteiger partial charge >= 0.3 is 6.03 Å². The second kappa shape index (κ2) is 32.6. The maximum Gasteiger partial charge on any atom is 0.312 e. The van der Waals surface area contributed by atoms with Crippen molar-refractivity contribution in [3.05, 3.63) is 83.0 Å². The zero-order chi connectivity index (χ0) is 60.0. The Hall–Kier alpha value is -5.75. The van der Waals surface area contributed by atoms with Crippen LogP contribution < -0.4 is 48.1 Å². The highest BCUT2D eigenvalue weighted by atomic mass is 32.2. The number of anilines is 1. The third kappa shape index (κ3) is 21.3. The third-order valence-corrected chi connectivity index (χ3v) is 16.1. The number of carbonyl (C=O) groups excluding carboxylic acids is 6. The van der Waals surface area contributed by atoms with Gasteiger partial charge in [-0.15, -0.1) is 0 Å². The summed E-state index contributed by atoms with van der Waals surface area (Å²) < 4.78 is 47.4. The number of amides is 7. The first-order valence-electron chi connectivity index (χ1n) is 27.8. The number of ether oxygens (including phenoxy) is 3. The first-order valence-corrected chi connectivity index (χ1v) is 29.3. The van der Waals surface area contributed by atoms with Gasteiger partial charge in [-0.3, -0.25) is 28.9 Å². The molecule has 7 amide bonds. The topological polar surface area (TPSA) is 304 Å². The van der Waals surface area contributed by atoms with Gasteiger partial charge in [0.15, 0.2) is 0 Å². The normalized spacial score (nSPS) is 16.2. The van der Waals surface area contributed by atoms with Crippen molar-refractivity contribution in [2.45, 2.75) is 143 Å². The highest BCUT2D eigenvalue weighted by Crippen LogP contribution is 2.40. The fourth-order valence-electron chi connectivity index (χ4n) is 9.91. The van der Waals surface area contributed by atoms with Crippen LogP contribution in [0.3, 0.4) is 0 Å². The van der Waals surface area contributed by atoms with E-state index in [0.29, 0.717) is 49.2 Å². The average molecular weight is 1140 g/mol. The van der Waals surface area contributed by atoms with Gasteiger partial charge in [0.2, 0.25) is 11.8 Å². The van der Waals surface area contributed by atoms with Crippen LogP contribution in [0.25, 0.3) is 0 Å². The summed E-state index contributed by atoms with van der Waals surface area (Å²) in [5.74, 6) is -2.65. The number of sulfonamides is 1. The highest BCUT2D eigenvalue weighted by Gasteiger charge is 2.39. The lowest BCUT2D eigenvalue weighted by atomic mass is 9.66. The largest absolute Gasteiger partial charge is 0.379 e. The lowest BCUT2D eigenvalue weighted by Gasteiger charge is -2.43. The molecule has 0 bridgehead atoms. The molecule has 0 fully saturated rings. The predicted molar refractivity (Wildman–Crippen MR) is 311 cm³/mol. The molecule has 448 valence electrons. The molecule has 0 spiro atoms. The molecular weight excluding hydrogens is 1040 g/mol. The second-order valence-corrected chi connectivity index (χ2v) is 24.2. The Morgan fingerprint density at radius 3 is 1.98 bits per heavy atom. The molecule has 0 radical (unpaired) electrons. The van der Waals surface area contributed by atoms with Gasteiger partial charge < -0.3 is 57.6 Å². The summed E-state index contributed by atoms with van der Waals surface area (Å²) in [5.41, 5.74) is 14.0. The van der Waals surface area contributed by atoms with Crippen LogP contribution in [0.5, 0.6) is 0 Å². The quantitative estimate of drug-likeness (QED) is 0.0255. The molecular formula is C58H94N10O11S. The van der Waals surface area contributed by atoms with Crippen LogP contribution in [0.1, 0.15) is 111 Å². The zero-order valence-corrected chi connectivity index (χ0v) is 50.4. The number of primary amides is 1. The summed E-state index contributed by atoms with van der Waals surface area (Å²) in [6, 6.07) is 11.4. The molecule has 2 aromatic rings. The van der Waals surface area contributed by atoms with E-state index in [1.54, 1.807) is 20.8 Å². The first-order chi connectivity index (χ1) is 37.6. The number of nitrogens with two attached hydrogens (primary N) is 2. The lowest BCUT2D eigenvalue weighted by Crippen LogP contribution is -2.51. The second-order valence-electron chi connectivity index (χ2n) is 22.6. The maximum atomic E-state index is 14.0. The summed E-state index contributed by atoms with van der Waals surface area (Å²) >= 11 is 0. The minimum atomic E-state index is -4.39. The molecule has 0 aliphatic carbocycles. The van der Waals surface area contributed by atoms with Gasteiger partial charge in [0.05, 0.1) is 50.1 Å². The predicted octanol–water partition coefficient (Wildman–Crippen LogP) is 4.63. The Balaban J connectivity index is 1.60. The van der Waals surface area contributed by atoms with Gasteiger partial charge in [-0.25, -0.2) is 17.9 Å². The Morgan fingerprint density at radius 1 is 0.800 bits per heavy atom. The van der Waals surface area contributed by atoms with Crippen LogP contribution in [0.2, 0.25) is 0 Å². The Kier molecular flexibility index (Phi) is 27.9. The highest BCUT2D eigenvalue weighted by molar-refractivity contribution is 7.90. The molecule has 0 saturated heterocycles. The van der Waals surface area contributed by atoms with Crippen molar-refractivity contribution in [1.29, 1.82) is 0 Å². The SMILES string of the molecule is CNC[C@](N)(CC[C@H](C(NC)[C@H](/C=C(\C)C(=O)NS(=O)(=O)c1ccc(NC(COCCOCCOCCC(=O)N[C@@H](C(=O)N[C@H](C)CCCNC(N)=O)C(C)C)N2C(=O)C=CC2=O)c(C)c1C)C(C)C)C(C)(C)C)c1ccccc1. The molecule has 21 nitrogen and oxygen atoms in total. The molecule has 7 atom stereocenters. The number of imide groups is 1. The molecule has 0 saturated carbocycles. The summed E-state index contributed by atoms with van der Waals surface area (Å²) in [6.45, 7) is 22.8. The fraction of sp³-hybridized carbons (Fsp3) is 0.621. The fourth-order valence-corrected chi connectivity index (χ4v) is 11.2. The molecule has 2 unspecified atom stereocenters. The van der Waals surface area contributed by atoms with Crippen LogP contribution in [-0.2, 0) is 53.7 Å². The smallest absolute Gasteiger partial charge is 0.312 e. The van der Waals surface area contributed by atoms with Gasteiger partial charge in [0.25, 0.3) is 27.7 Å². The Bertz CT molecular complexity index is 2520. The number of hydrogen-bond donors (Lipinski definition) is 9. The van der Waals surface area contributed by atoms with Crippen molar-refractivity contribution in [2.24, 2.45) is 40.6 Å². The van der Waals surface area contributed by atoms with E-state index in [-0.39, 0.29) is 110 Å². The summed E-state index contributed by atoms with van der Waals surface area (Å²) in [7, 11) is -0.568. The number of likely N-dealkylation sites (N-methyl/N-ethyl adjacent to an activating group) is 1. The molecule has 1 aliphatic rings. The lowest BCUT2D eigenvalue weighted by molar-refractivity contribution is -0.140. The molecule has 2 aromatic carbocycles. The summed E-state index contributed by atoms with van der Waals surface area (Å²) in [4.78, 5) is 77.0. The van der Waals surface area contributed by atoms with Gasteiger partial charge in [0, 0.05) is 55.0 Å². The average Bonchev–Trinajstić information content (AvgIpc) is 3.72. The van der Waals surface area contributed by atoms with E-state index in [2.05, 4.69) is 83.4 Å². The molecule has 22 heteroatoms. The zero-order valence-electron chi connectivity index (χ0n) is 49.6. The minimum Gasteiger partial charge on any atom is -0.379 e. The van der Waals surface area contributed by atoms with E-state index in [9.17, 15) is 37.2 Å². The van der Waals surface area contributed by atoms with Crippen LogP contribution in [0.15, 0.2) is 71.2 Å². The van der Waals surface area contributed by atoms with E-state index in [4.69, 9.17) is 25.7 Å². The van der Waals surface area contributed by atoms with Crippen LogP contribution in [0, 0.1) is 42.9 Å². The van der Waals surface area contributed by atoms with Gasteiger partial charge in [0.1, 0.15) is 12.2 Å². The van der Waals surface area contributed by atoms with Crippen molar-refractivity contribution >= 4 is 51.3 Å². The van der Waals surface area contributed by atoms with Crippen molar-refractivity contribution in [3.8, 4) is 0 Å². The van der Waals surface area contributed by atoms with Crippen LogP contribution in [-0.4, -0.2) is 140 Å².